The molecule has 2 aromatic rings. The van der Waals surface area contributed by atoms with E-state index >= 15 is 0 Å². The Labute approximate surface area is 186 Å². The Morgan fingerprint density at radius 3 is 2.83 bits per heavy atom. The second-order valence-electron chi connectivity index (χ2n) is 6.44. The van der Waals surface area contributed by atoms with E-state index in [4.69, 9.17) is 0 Å². The first kappa shape index (κ1) is 21.1. The van der Waals surface area contributed by atoms with Crippen LogP contribution in [0.2, 0.25) is 0 Å². The Kier molecular flexibility index (Phi) is 5.99. The fraction of sp³-hybridized carbons (Fsp3) is 0.375. The summed E-state index contributed by atoms with van der Waals surface area (Å²) in [6, 6.07) is -0.790. The van der Waals surface area contributed by atoms with Crippen LogP contribution in [0.4, 0.5) is 0 Å². The van der Waals surface area contributed by atoms with Crippen LogP contribution in [0.25, 0.3) is 0 Å². The molecule has 1 unspecified atom stereocenters. The van der Waals surface area contributed by atoms with Gasteiger partial charge >= 0.3 is 10.8 Å². The molecule has 2 aliphatic heterocycles. The van der Waals surface area contributed by atoms with Gasteiger partial charge in [-0.2, -0.15) is 0 Å². The zero-order valence-electron chi connectivity index (χ0n) is 15.4. The summed E-state index contributed by atoms with van der Waals surface area (Å²) < 4.78 is 0.739. The quantitative estimate of drug-likeness (QED) is 0.380. The molecular weight excluding hydrogens is 470 g/mol. The van der Waals surface area contributed by atoms with Crippen LogP contribution >= 0.6 is 46.2 Å². The Morgan fingerprint density at radius 1 is 1.40 bits per heavy atom. The highest BCUT2D eigenvalue weighted by molar-refractivity contribution is 8.01. The SMILES string of the molecule is Cc1nnc(SCC2=C(C(=O)O)N3C(=O)C(NC(=O)Cc4csc(=O)[nH]4)[C@@H]3SC2)s1. The molecule has 10 nitrogen and oxygen atoms in total. The highest BCUT2D eigenvalue weighted by Crippen LogP contribution is 2.41. The van der Waals surface area contributed by atoms with Gasteiger partial charge < -0.3 is 15.4 Å². The molecule has 2 atom stereocenters. The zero-order valence-corrected chi connectivity index (χ0v) is 18.7. The third kappa shape index (κ3) is 4.17. The number of thiazole rings is 1. The van der Waals surface area contributed by atoms with Crippen LogP contribution in [0, 0.1) is 6.92 Å². The molecule has 14 heteroatoms. The summed E-state index contributed by atoms with van der Waals surface area (Å²) in [5.41, 5.74) is 1.08. The summed E-state index contributed by atoms with van der Waals surface area (Å²) in [6.45, 7) is 1.84. The molecule has 2 amide bonds. The standard InChI is InChI=1S/C16H15N5O5S4/c1-6-19-20-16(30-6)29-4-7-3-27-13-10(12(23)21(13)11(7)14(24)25)18-9(22)2-8-5-28-15(26)17-8/h5,10,13H,2-4H2,1H3,(H,17,26)(H,18,22)(H,24,25)/t10?,13-/m0/s1. The number of hydrogen-bond acceptors (Lipinski definition) is 10. The third-order valence-electron chi connectivity index (χ3n) is 4.37. The number of fused-ring (bicyclic) bond motifs is 1. The topological polar surface area (TPSA) is 145 Å². The van der Waals surface area contributed by atoms with E-state index in [-0.39, 0.29) is 17.0 Å². The molecule has 2 aromatic heterocycles. The number of aryl methyl sites for hydroxylation is 1. The summed E-state index contributed by atoms with van der Waals surface area (Å²) in [6.07, 6.45) is -0.0509. The van der Waals surface area contributed by atoms with Gasteiger partial charge in [0.25, 0.3) is 5.91 Å². The van der Waals surface area contributed by atoms with Crippen molar-refractivity contribution in [3.05, 3.63) is 37.0 Å². The van der Waals surface area contributed by atoms with Crippen molar-refractivity contribution < 1.29 is 19.5 Å². The van der Waals surface area contributed by atoms with Crippen LogP contribution in [0.5, 0.6) is 0 Å². The zero-order chi connectivity index (χ0) is 21.4. The predicted molar refractivity (Wildman–Crippen MR) is 114 cm³/mol. The molecule has 158 valence electrons. The van der Waals surface area contributed by atoms with Gasteiger partial charge in [0.05, 0.1) is 6.42 Å². The van der Waals surface area contributed by atoms with E-state index < -0.39 is 29.2 Å². The molecule has 0 saturated carbocycles. The number of rotatable bonds is 7. The maximum Gasteiger partial charge on any atom is 0.352 e. The second kappa shape index (κ2) is 8.53. The van der Waals surface area contributed by atoms with Crippen molar-refractivity contribution in [1.82, 2.24) is 25.4 Å². The lowest BCUT2D eigenvalue weighted by Crippen LogP contribution is -2.70. The molecule has 30 heavy (non-hydrogen) atoms. The first-order valence-electron chi connectivity index (χ1n) is 8.62. The van der Waals surface area contributed by atoms with E-state index in [0.717, 1.165) is 20.7 Å². The predicted octanol–water partition coefficient (Wildman–Crippen LogP) is 0.670. The molecule has 2 aliphatic rings. The molecular formula is C16H15N5O5S4. The average Bonchev–Trinajstić information content (AvgIpc) is 3.31. The maximum atomic E-state index is 12.6. The van der Waals surface area contributed by atoms with Gasteiger partial charge in [0.1, 0.15) is 22.1 Å². The molecule has 4 heterocycles. The normalized spacial score (nSPS) is 20.7. The van der Waals surface area contributed by atoms with E-state index in [0.29, 0.717) is 22.8 Å². The van der Waals surface area contributed by atoms with Gasteiger partial charge in [0, 0.05) is 22.6 Å². The number of amides is 2. The summed E-state index contributed by atoms with van der Waals surface area (Å²) in [4.78, 5) is 51.5. The van der Waals surface area contributed by atoms with E-state index in [1.54, 1.807) is 5.38 Å². The summed E-state index contributed by atoms with van der Waals surface area (Å²) in [5.74, 6) is -1.20. The second-order valence-corrected chi connectivity index (χ2v) is 10.8. The minimum Gasteiger partial charge on any atom is -0.477 e. The van der Waals surface area contributed by atoms with Gasteiger partial charge in [0.15, 0.2) is 4.34 Å². The number of H-pyrrole nitrogens is 1. The maximum absolute atomic E-state index is 12.6. The molecule has 1 saturated heterocycles. The van der Waals surface area contributed by atoms with Crippen molar-refractivity contribution in [1.29, 1.82) is 0 Å². The fourth-order valence-electron chi connectivity index (χ4n) is 3.08. The highest BCUT2D eigenvalue weighted by atomic mass is 32.2. The lowest BCUT2D eigenvalue weighted by Gasteiger charge is -2.49. The Bertz CT molecular complexity index is 1110. The monoisotopic (exact) mass is 485 g/mol. The van der Waals surface area contributed by atoms with Crippen LogP contribution in [0.15, 0.2) is 25.8 Å². The lowest BCUT2D eigenvalue weighted by molar-refractivity contribution is -0.150. The Hall–Kier alpha value is -2.16. The highest BCUT2D eigenvalue weighted by Gasteiger charge is 2.54. The first-order valence-corrected chi connectivity index (χ1v) is 12.4. The number of carbonyl (C=O) groups excluding carboxylic acids is 2. The van der Waals surface area contributed by atoms with Gasteiger partial charge in [-0.05, 0) is 12.5 Å². The number of β-lactam (4-membered cyclic amide) rings is 1. The number of hydrogen-bond donors (Lipinski definition) is 3. The van der Waals surface area contributed by atoms with Crippen molar-refractivity contribution >= 4 is 64.0 Å². The average molecular weight is 486 g/mol. The molecule has 0 radical (unpaired) electrons. The first-order chi connectivity index (χ1) is 14.3. The summed E-state index contributed by atoms with van der Waals surface area (Å²) in [7, 11) is 0. The van der Waals surface area contributed by atoms with Crippen LogP contribution in [-0.2, 0) is 20.8 Å². The van der Waals surface area contributed by atoms with Crippen molar-refractivity contribution in [2.45, 2.75) is 29.1 Å². The van der Waals surface area contributed by atoms with E-state index in [1.165, 1.54) is 39.8 Å². The fourth-order valence-corrected chi connectivity index (χ4v) is 6.96. The molecule has 3 N–H and O–H groups in total. The van der Waals surface area contributed by atoms with E-state index in [9.17, 15) is 24.3 Å². The molecule has 0 spiro atoms. The number of thioether (sulfide) groups is 2. The molecule has 0 aliphatic carbocycles. The van der Waals surface area contributed by atoms with Gasteiger partial charge in [-0.15, -0.1) is 22.0 Å². The molecule has 0 aromatic carbocycles. The molecule has 1 fully saturated rings. The summed E-state index contributed by atoms with van der Waals surface area (Å²) in [5, 5.41) is 22.2. The van der Waals surface area contributed by atoms with Crippen LogP contribution in [0.1, 0.15) is 10.7 Å². The number of carboxylic acids is 1. The third-order valence-corrected chi connectivity index (χ3v) is 8.48. The number of aromatic nitrogens is 3. The number of aromatic amines is 1. The van der Waals surface area contributed by atoms with Crippen LogP contribution in [0.3, 0.4) is 0 Å². The van der Waals surface area contributed by atoms with Gasteiger partial charge in [-0.1, -0.05) is 34.4 Å². The number of aliphatic carboxylic acids is 1. The van der Waals surface area contributed by atoms with Crippen LogP contribution < -0.4 is 10.2 Å². The van der Waals surface area contributed by atoms with Crippen molar-refractivity contribution in [2.24, 2.45) is 0 Å². The Balaban J connectivity index is 1.43. The number of nitrogens with zero attached hydrogens (tertiary/aromatic N) is 3. The smallest absolute Gasteiger partial charge is 0.352 e. The number of nitrogens with one attached hydrogen (secondary N) is 2. The molecule has 0 bridgehead atoms. The van der Waals surface area contributed by atoms with Crippen LogP contribution in [-0.4, -0.2) is 65.9 Å². The van der Waals surface area contributed by atoms with Crippen molar-refractivity contribution in [3.63, 3.8) is 0 Å². The summed E-state index contributed by atoms with van der Waals surface area (Å²) >= 11 is 5.19. The minimum atomic E-state index is -1.17. The minimum absolute atomic E-state index is 0.0230. The van der Waals surface area contributed by atoms with Gasteiger partial charge in [-0.3, -0.25) is 19.3 Å². The lowest BCUT2D eigenvalue weighted by atomic mass is 10.0. The Morgan fingerprint density at radius 2 is 2.20 bits per heavy atom. The van der Waals surface area contributed by atoms with Gasteiger partial charge in [0.2, 0.25) is 5.91 Å². The number of carboxylic acid groups (broad SMARTS) is 1. The van der Waals surface area contributed by atoms with E-state index in [2.05, 4.69) is 20.5 Å². The molecule has 4 rings (SSSR count). The van der Waals surface area contributed by atoms with E-state index in [1.807, 2.05) is 6.92 Å². The largest absolute Gasteiger partial charge is 0.477 e. The van der Waals surface area contributed by atoms with Crippen molar-refractivity contribution in [3.8, 4) is 0 Å². The van der Waals surface area contributed by atoms with Gasteiger partial charge in [-0.25, -0.2) is 4.79 Å². The number of carbonyl (C=O) groups is 3. The van der Waals surface area contributed by atoms with Crippen molar-refractivity contribution in [2.75, 3.05) is 11.5 Å².